The molecule has 0 N–H and O–H groups in total. The molecule has 0 amide bonds. The number of nitrogens with zero attached hydrogens (tertiary/aromatic N) is 1. The second-order valence-electron chi connectivity index (χ2n) is 3.37. The Morgan fingerprint density at radius 3 is 3.00 bits per heavy atom. The van der Waals surface area contributed by atoms with Crippen molar-refractivity contribution < 1.29 is 0 Å². The van der Waals surface area contributed by atoms with Crippen LogP contribution >= 0.6 is 38.9 Å². The van der Waals surface area contributed by atoms with Crippen molar-refractivity contribution in [2.24, 2.45) is 0 Å². The Morgan fingerprint density at radius 2 is 2.20 bits per heavy atom. The minimum atomic E-state index is 0.746. The molecule has 2 rings (SSSR count). The van der Waals surface area contributed by atoms with Crippen molar-refractivity contribution in [3.8, 4) is 0 Å². The Balaban J connectivity index is 2.16. The van der Waals surface area contributed by atoms with Gasteiger partial charge in [-0.3, -0.25) is 0 Å². The van der Waals surface area contributed by atoms with E-state index in [1.807, 2.05) is 0 Å². The molecule has 15 heavy (non-hydrogen) atoms. The highest BCUT2D eigenvalue weighted by atomic mass is 79.9. The number of aryl methyl sites for hydroxylation is 1. The largest absolute Gasteiger partial charge is 0.241 e. The number of thiazole rings is 1. The maximum absolute atomic E-state index is 5.64. The summed E-state index contributed by atoms with van der Waals surface area (Å²) in [4.78, 5) is 4.59. The third kappa shape index (κ3) is 2.92. The Bertz CT molecular complexity index is 455. The molecule has 1 heterocycles. The smallest absolute Gasteiger partial charge is 0.0938 e. The van der Waals surface area contributed by atoms with Gasteiger partial charge >= 0.3 is 0 Å². The topological polar surface area (TPSA) is 12.9 Å². The second-order valence-corrected chi connectivity index (χ2v) is 5.77. The van der Waals surface area contributed by atoms with Crippen LogP contribution in [0.4, 0.5) is 0 Å². The summed E-state index contributed by atoms with van der Waals surface area (Å²) in [5, 5.41) is 1.22. The SMILES string of the molecule is ClCCCCc1nc2cc(Br)ccc2s1. The molecule has 0 unspecified atom stereocenters. The fourth-order valence-corrected chi connectivity index (χ4v) is 2.95. The van der Waals surface area contributed by atoms with Crippen LogP contribution < -0.4 is 0 Å². The molecule has 0 fully saturated rings. The number of rotatable bonds is 4. The van der Waals surface area contributed by atoms with Gasteiger partial charge in [0.2, 0.25) is 0 Å². The molecule has 80 valence electrons. The number of alkyl halides is 1. The third-order valence-electron chi connectivity index (χ3n) is 2.17. The van der Waals surface area contributed by atoms with E-state index in [-0.39, 0.29) is 0 Å². The average molecular weight is 305 g/mol. The van der Waals surface area contributed by atoms with Gasteiger partial charge in [0.25, 0.3) is 0 Å². The van der Waals surface area contributed by atoms with Crippen LogP contribution in [0.25, 0.3) is 10.2 Å². The molecule has 1 nitrogen and oxygen atoms in total. The summed E-state index contributed by atoms with van der Waals surface area (Å²) in [6.07, 6.45) is 3.25. The lowest BCUT2D eigenvalue weighted by atomic mass is 10.2. The van der Waals surface area contributed by atoms with E-state index in [0.29, 0.717) is 0 Å². The lowest BCUT2D eigenvalue weighted by Gasteiger charge is -1.92. The van der Waals surface area contributed by atoms with E-state index < -0.39 is 0 Å². The predicted molar refractivity (Wildman–Crippen MR) is 71.0 cm³/mol. The minimum absolute atomic E-state index is 0.746. The number of aromatic nitrogens is 1. The first-order chi connectivity index (χ1) is 7.29. The quantitative estimate of drug-likeness (QED) is 0.593. The normalized spacial score (nSPS) is 11.1. The van der Waals surface area contributed by atoms with E-state index in [9.17, 15) is 0 Å². The highest BCUT2D eigenvalue weighted by Gasteiger charge is 2.03. The molecule has 0 aliphatic rings. The van der Waals surface area contributed by atoms with Crippen LogP contribution in [0.3, 0.4) is 0 Å². The zero-order valence-electron chi connectivity index (χ0n) is 8.17. The van der Waals surface area contributed by atoms with Gasteiger partial charge in [-0.1, -0.05) is 15.9 Å². The molecule has 0 aliphatic carbocycles. The molecular weight excluding hydrogens is 294 g/mol. The van der Waals surface area contributed by atoms with Crippen molar-refractivity contribution >= 4 is 49.1 Å². The fourth-order valence-electron chi connectivity index (χ4n) is 1.43. The summed E-state index contributed by atoms with van der Waals surface area (Å²) < 4.78 is 2.35. The van der Waals surface area contributed by atoms with Crippen LogP contribution in [0, 0.1) is 0 Å². The Hall–Kier alpha value is -0.120. The summed E-state index contributed by atoms with van der Waals surface area (Å²) in [6.45, 7) is 0. The molecule has 4 heteroatoms. The highest BCUT2D eigenvalue weighted by Crippen LogP contribution is 2.25. The van der Waals surface area contributed by atoms with Gasteiger partial charge in [0.05, 0.1) is 15.2 Å². The Kier molecular flexibility index (Phi) is 4.00. The zero-order chi connectivity index (χ0) is 10.7. The van der Waals surface area contributed by atoms with E-state index in [2.05, 4.69) is 39.1 Å². The lowest BCUT2D eigenvalue weighted by Crippen LogP contribution is -1.84. The van der Waals surface area contributed by atoms with Gasteiger partial charge in [-0.2, -0.15) is 0 Å². The summed E-state index contributed by atoms with van der Waals surface area (Å²) >= 11 is 10.9. The zero-order valence-corrected chi connectivity index (χ0v) is 11.3. The van der Waals surface area contributed by atoms with E-state index >= 15 is 0 Å². The first kappa shape index (κ1) is 11.4. The third-order valence-corrected chi connectivity index (χ3v) is 4.02. The molecule has 0 aliphatic heterocycles. The van der Waals surface area contributed by atoms with Crippen molar-refractivity contribution in [1.82, 2.24) is 4.98 Å². The number of halogens is 2. The van der Waals surface area contributed by atoms with Crippen LogP contribution in [0.5, 0.6) is 0 Å². The van der Waals surface area contributed by atoms with Gasteiger partial charge in [-0.15, -0.1) is 22.9 Å². The first-order valence-electron chi connectivity index (χ1n) is 4.90. The molecule has 0 saturated heterocycles. The Morgan fingerprint density at radius 1 is 1.33 bits per heavy atom. The molecular formula is C11H11BrClNS. The molecule has 1 aromatic carbocycles. The van der Waals surface area contributed by atoms with Crippen LogP contribution in [-0.4, -0.2) is 10.9 Å². The van der Waals surface area contributed by atoms with E-state index in [1.165, 1.54) is 9.71 Å². The molecule has 0 saturated carbocycles. The van der Waals surface area contributed by atoms with Crippen LogP contribution in [-0.2, 0) is 6.42 Å². The summed E-state index contributed by atoms with van der Waals surface area (Å²) in [5.41, 5.74) is 1.09. The second kappa shape index (κ2) is 5.28. The monoisotopic (exact) mass is 303 g/mol. The molecule has 0 radical (unpaired) electrons. The van der Waals surface area contributed by atoms with E-state index in [0.717, 1.165) is 35.1 Å². The first-order valence-corrected chi connectivity index (χ1v) is 7.05. The van der Waals surface area contributed by atoms with Gasteiger partial charge < -0.3 is 0 Å². The minimum Gasteiger partial charge on any atom is -0.241 e. The maximum atomic E-state index is 5.64. The number of benzene rings is 1. The summed E-state index contributed by atoms with van der Waals surface area (Å²) in [6, 6.07) is 6.24. The van der Waals surface area contributed by atoms with Gasteiger partial charge in [0.15, 0.2) is 0 Å². The predicted octanol–water partition coefficient (Wildman–Crippen LogP) is 4.62. The van der Waals surface area contributed by atoms with Gasteiger partial charge in [0, 0.05) is 10.4 Å². The van der Waals surface area contributed by atoms with Gasteiger partial charge in [-0.05, 0) is 37.5 Å². The number of unbranched alkanes of at least 4 members (excludes halogenated alkanes) is 1. The van der Waals surface area contributed by atoms with Gasteiger partial charge in [0.1, 0.15) is 0 Å². The van der Waals surface area contributed by atoms with Crippen molar-refractivity contribution in [2.45, 2.75) is 19.3 Å². The van der Waals surface area contributed by atoms with E-state index in [4.69, 9.17) is 11.6 Å². The molecule has 2 aromatic rings. The van der Waals surface area contributed by atoms with Crippen LogP contribution in [0.1, 0.15) is 17.8 Å². The molecule has 0 spiro atoms. The summed E-state index contributed by atoms with van der Waals surface area (Å²) in [7, 11) is 0. The lowest BCUT2D eigenvalue weighted by molar-refractivity contribution is 0.796. The number of hydrogen-bond acceptors (Lipinski definition) is 2. The molecule has 1 aromatic heterocycles. The highest BCUT2D eigenvalue weighted by molar-refractivity contribution is 9.10. The number of hydrogen-bond donors (Lipinski definition) is 0. The Labute approximate surface area is 107 Å². The van der Waals surface area contributed by atoms with Crippen molar-refractivity contribution in [2.75, 3.05) is 5.88 Å². The standard InChI is InChI=1S/C11H11BrClNS/c12-8-4-5-10-9(7-8)14-11(15-10)3-1-2-6-13/h4-5,7H,1-3,6H2. The van der Waals surface area contributed by atoms with Crippen LogP contribution in [0.2, 0.25) is 0 Å². The van der Waals surface area contributed by atoms with Crippen molar-refractivity contribution in [1.29, 1.82) is 0 Å². The van der Waals surface area contributed by atoms with Crippen molar-refractivity contribution in [3.05, 3.63) is 27.7 Å². The van der Waals surface area contributed by atoms with Crippen molar-refractivity contribution in [3.63, 3.8) is 0 Å². The van der Waals surface area contributed by atoms with Crippen LogP contribution in [0.15, 0.2) is 22.7 Å². The fraction of sp³-hybridized carbons (Fsp3) is 0.364. The van der Waals surface area contributed by atoms with E-state index in [1.54, 1.807) is 11.3 Å². The number of fused-ring (bicyclic) bond motifs is 1. The molecule has 0 bridgehead atoms. The molecule has 0 atom stereocenters. The average Bonchev–Trinajstić information content (AvgIpc) is 2.60. The summed E-state index contributed by atoms with van der Waals surface area (Å²) in [5.74, 6) is 0.746. The maximum Gasteiger partial charge on any atom is 0.0938 e. The van der Waals surface area contributed by atoms with Gasteiger partial charge in [-0.25, -0.2) is 4.98 Å².